The van der Waals surface area contributed by atoms with E-state index in [9.17, 15) is 4.79 Å². The van der Waals surface area contributed by atoms with E-state index in [1.54, 1.807) is 12.7 Å². The maximum atomic E-state index is 12.7. The lowest BCUT2D eigenvalue weighted by atomic mass is 10.2. The number of carbonyl (C=O) groups excluding carboxylic acids is 1. The Kier molecular flexibility index (Phi) is 4.53. The van der Waals surface area contributed by atoms with E-state index in [2.05, 4.69) is 25.2 Å². The number of H-pyrrole nitrogens is 1. The first-order chi connectivity index (χ1) is 12.7. The molecule has 1 saturated heterocycles. The van der Waals surface area contributed by atoms with Gasteiger partial charge in [0.2, 0.25) is 0 Å². The first-order valence-corrected chi connectivity index (χ1v) is 8.72. The summed E-state index contributed by atoms with van der Waals surface area (Å²) >= 11 is 0. The second kappa shape index (κ2) is 7.12. The lowest BCUT2D eigenvalue weighted by Crippen LogP contribution is -2.49. The molecular weight excluding hydrogens is 332 g/mol. The normalized spacial score (nSPS) is 15.5. The molecule has 1 amide bonds. The number of aromatic nitrogens is 6. The van der Waals surface area contributed by atoms with Gasteiger partial charge in [-0.15, -0.1) is 0 Å². The number of hydrogen-bond acceptors (Lipinski definition) is 5. The van der Waals surface area contributed by atoms with Gasteiger partial charge in [0, 0.05) is 46.0 Å². The molecule has 0 unspecified atom stereocenters. The summed E-state index contributed by atoms with van der Waals surface area (Å²) in [5, 5.41) is 11.3. The molecule has 0 bridgehead atoms. The third-order valence-electron chi connectivity index (χ3n) is 4.79. The van der Waals surface area contributed by atoms with E-state index in [0.29, 0.717) is 18.8 Å². The minimum absolute atomic E-state index is 0.00823. The summed E-state index contributed by atoms with van der Waals surface area (Å²) in [6, 6.07) is 5.77. The molecule has 26 heavy (non-hydrogen) atoms. The Balaban J connectivity index is 1.32. The maximum Gasteiger partial charge on any atom is 0.271 e. The average molecular weight is 354 g/mol. The van der Waals surface area contributed by atoms with Crippen LogP contribution in [0.1, 0.15) is 10.5 Å². The van der Waals surface area contributed by atoms with Gasteiger partial charge in [-0.05, 0) is 18.2 Å². The number of hydrogen-bond donors (Lipinski definition) is 1. The molecule has 4 rings (SSSR count). The average Bonchev–Trinajstić information content (AvgIpc) is 3.41. The van der Waals surface area contributed by atoms with Gasteiger partial charge >= 0.3 is 0 Å². The first kappa shape index (κ1) is 16.5. The molecule has 0 aromatic carbocycles. The predicted octanol–water partition coefficient (Wildman–Crippen LogP) is 0.465. The number of amides is 1. The maximum absolute atomic E-state index is 12.7. The van der Waals surface area contributed by atoms with Gasteiger partial charge in [-0.3, -0.25) is 19.5 Å². The van der Waals surface area contributed by atoms with Crippen LogP contribution < -0.4 is 0 Å². The third-order valence-corrected chi connectivity index (χ3v) is 4.79. The van der Waals surface area contributed by atoms with E-state index in [1.807, 2.05) is 45.6 Å². The molecule has 9 heteroatoms. The molecule has 136 valence electrons. The van der Waals surface area contributed by atoms with E-state index in [0.717, 1.165) is 37.6 Å². The van der Waals surface area contributed by atoms with Crippen molar-refractivity contribution in [2.24, 2.45) is 7.05 Å². The molecule has 1 aliphatic rings. The van der Waals surface area contributed by atoms with E-state index in [1.165, 1.54) is 0 Å². The van der Waals surface area contributed by atoms with Gasteiger partial charge in [0.1, 0.15) is 24.0 Å². The number of aryl methyl sites for hydroxylation is 1. The highest BCUT2D eigenvalue weighted by Crippen LogP contribution is 2.18. The smallest absolute Gasteiger partial charge is 0.271 e. The van der Waals surface area contributed by atoms with Gasteiger partial charge in [-0.1, -0.05) is 0 Å². The number of nitrogens with one attached hydrogen (secondary N) is 1. The fraction of sp³-hybridized carbons (Fsp3) is 0.412. The van der Waals surface area contributed by atoms with Crippen molar-refractivity contribution in [3.63, 3.8) is 0 Å². The topological polar surface area (TPSA) is 87.9 Å². The monoisotopic (exact) mass is 354 g/mol. The second-order valence-corrected chi connectivity index (χ2v) is 6.46. The number of aromatic amines is 1. The van der Waals surface area contributed by atoms with Crippen molar-refractivity contribution in [2.75, 3.05) is 32.7 Å². The predicted molar refractivity (Wildman–Crippen MR) is 95.4 cm³/mol. The molecule has 0 atom stereocenters. The van der Waals surface area contributed by atoms with E-state index in [4.69, 9.17) is 0 Å². The van der Waals surface area contributed by atoms with Crippen molar-refractivity contribution >= 4 is 5.91 Å². The molecule has 4 heterocycles. The molecule has 3 aromatic rings. The van der Waals surface area contributed by atoms with Crippen LogP contribution in [0.3, 0.4) is 0 Å². The Labute approximate surface area is 151 Å². The van der Waals surface area contributed by atoms with Crippen LogP contribution in [-0.2, 0) is 13.6 Å². The molecule has 0 spiro atoms. The lowest BCUT2D eigenvalue weighted by molar-refractivity contribution is 0.0626. The molecule has 0 saturated carbocycles. The molecule has 1 N–H and O–H groups in total. The van der Waals surface area contributed by atoms with Crippen molar-refractivity contribution in [3.05, 3.63) is 42.7 Å². The van der Waals surface area contributed by atoms with Crippen LogP contribution in [0.15, 0.2) is 37.1 Å². The van der Waals surface area contributed by atoms with Crippen molar-refractivity contribution < 1.29 is 4.79 Å². The molecule has 1 fully saturated rings. The van der Waals surface area contributed by atoms with Crippen LogP contribution in [0.25, 0.3) is 11.4 Å². The number of carbonyl (C=O) groups is 1. The minimum atomic E-state index is 0.00823. The highest BCUT2D eigenvalue weighted by Gasteiger charge is 2.23. The van der Waals surface area contributed by atoms with E-state index in [-0.39, 0.29) is 5.91 Å². The zero-order valence-electron chi connectivity index (χ0n) is 14.7. The SMILES string of the molecule is Cn1cccc1-c1cc(C(=O)N2CCN(CCn3cncn3)CC2)[nH]n1. The minimum Gasteiger partial charge on any atom is -0.349 e. The van der Waals surface area contributed by atoms with Gasteiger partial charge in [0.25, 0.3) is 5.91 Å². The molecule has 3 aromatic heterocycles. The van der Waals surface area contributed by atoms with Crippen LogP contribution in [-0.4, -0.2) is 78.0 Å². The van der Waals surface area contributed by atoms with Gasteiger partial charge < -0.3 is 9.47 Å². The lowest BCUT2D eigenvalue weighted by Gasteiger charge is -2.34. The molecule has 0 radical (unpaired) electrons. The van der Waals surface area contributed by atoms with Crippen LogP contribution in [0, 0.1) is 0 Å². The van der Waals surface area contributed by atoms with Gasteiger partial charge in [0.15, 0.2) is 0 Å². The summed E-state index contributed by atoms with van der Waals surface area (Å²) in [7, 11) is 1.96. The number of nitrogens with zero attached hydrogens (tertiary/aromatic N) is 7. The van der Waals surface area contributed by atoms with Crippen molar-refractivity contribution in [3.8, 4) is 11.4 Å². The summed E-state index contributed by atoms with van der Waals surface area (Å²) in [6.07, 6.45) is 5.23. The zero-order chi connectivity index (χ0) is 17.9. The molecule has 1 aliphatic heterocycles. The summed E-state index contributed by atoms with van der Waals surface area (Å²) < 4.78 is 3.81. The highest BCUT2D eigenvalue weighted by molar-refractivity contribution is 5.93. The summed E-state index contributed by atoms with van der Waals surface area (Å²) in [6.45, 7) is 4.88. The summed E-state index contributed by atoms with van der Waals surface area (Å²) in [5.41, 5.74) is 2.31. The first-order valence-electron chi connectivity index (χ1n) is 8.72. The van der Waals surface area contributed by atoms with E-state index < -0.39 is 0 Å². The van der Waals surface area contributed by atoms with Crippen LogP contribution in [0.4, 0.5) is 0 Å². The molecule has 0 aliphatic carbocycles. The largest absolute Gasteiger partial charge is 0.349 e. The van der Waals surface area contributed by atoms with Crippen LogP contribution >= 0.6 is 0 Å². The number of piperazine rings is 1. The van der Waals surface area contributed by atoms with Gasteiger partial charge in [-0.2, -0.15) is 10.2 Å². The highest BCUT2D eigenvalue weighted by atomic mass is 16.2. The van der Waals surface area contributed by atoms with E-state index >= 15 is 0 Å². The summed E-state index contributed by atoms with van der Waals surface area (Å²) in [5.74, 6) is 0.00823. The van der Waals surface area contributed by atoms with Crippen LogP contribution in [0.5, 0.6) is 0 Å². The molecular formula is C17H22N8O. The Bertz CT molecular complexity index is 857. The Morgan fingerprint density at radius 2 is 2.08 bits per heavy atom. The number of rotatable bonds is 5. The zero-order valence-corrected chi connectivity index (χ0v) is 14.7. The summed E-state index contributed by atoms with van der Waals surface area (Å²) in [4.78, 5) is 20.9. The third kappa shape index (κ3) is 3.38. The Hall–Kier alpha value is -2.94. The fourth-order valence-corrected chi connectivity index (χ4v) is 3.23. The molecule has 9 nitrogen and oxygen atoms in total. The van der Waals surface area contributed by atoms with Crippen LogP contribution in [0.2, 0.25) is 0 Å². The van der Waals surface area contributed by atoms with Gasteiger partial charge in [-0.25, -0.2) is 4.98 Å². The van der Waals surface area contributed by atoms with Crippen molar-refractivity contribution in [1.82, 2.24) is 39.3 Å². The van der Waals surface area contributed by atoms with Crippen molar-refractivity contribution in [2.45, 2.75) is 6.54 Å². The second-order valence-electron chi connectivity index (χ2n) is 6.46. The Morgan fingerprint density at radius 3 is 2.77 bits per heavy atom. The Morgan fingerprint density at radius 1 is 1.23 bits per heavy atom. The quantitative estimate of drug-likeness (QED) is 0.719. The fourth-order valence-electron chi connectivity index (χ4n) is 3.23. The standard InChI is InChI=1S/C17H22N8O/c1-22-4-2-3-16(22)14-11-15(21-20-14)17(26)24-8-5-23(6-9-24)7-10-25-13-18-12-19-25/h2-4,11-13H,5-10H2,1H3,(H,20,21). The van der Waals surface area contributed by atoms with Gasteiger partial charge in [0.05, 0.1) is 12.2 Å². The van der Waals surface area contributed by atoms with Crippen molar-refractivity contribution in [1.29, 1.82) is 0 Å².